The van der Waals surface area contributed by atoms with Crippen LogP contribution in [0, 0.1) is 0 Å². The van der Waals surface area contributed by atoms with Crippen LogP contribution in [0.1, 0.15) is 12.8 Å². The number of aliphatic hydroxyl groups excluding tert-OH is 1. The molecule has 0 aromatic carbocycles. The Morgan fingerprint density at radius 1 is 1.62 bits per heavy atom. The van der Waals surface area contributed by atoms with Crippen molar-refractivity contribution in [1.82, 2.24) is 4.98 Å². The molecule has 0 atom stereocenters. The van der Waals surface area contributed by atoms with Gasteiger partial charge in [-0.2, -0.15) is 0 Å². The molecule has 1 heterocycles. The van der Waals surface area contributed by atoms with Gasteiger partial charge in [0.1, 0.15) is 10.6 Å². The molecule has 6 heteroatoms. The third-order valence-corrected chi connectivity index (χ3v) is 3.70. The lowest BCUT2D eigenvalue weighted by Crippen LogP contribution is -2.22. The first-order valence-corrected chi connectivity index (χ1v) is 6.85. The summed E-state index contributed by atoms with van der Waals surface area (Å²) in [5.41, 5.74) is -0.492. The molecular weight excluding hydrogens is 294 g/mol. The molecule has 16 heavy (non-hydrogen) atoms. The molecule has 0 aliphatic heterocycles. The number of aromatic hydroxyl groups is 1. The Bertz CT molecular complexity index is 409. The lowest BCUT2D eigenvalue weighted by molar-refractivity contribution is 0.0919. The molecule has 2 N–H and O–H groups in total. The van der Waals surface area contributed by atoms with E-state index in [1.54, 1.807) is 6.07 Å². The highest BCUT2D eigenvalue weighted by molar-refractivity contribution is 9.10. The van der Waals surface area contributed by atoms with Gasteiger partial charge in [-0.1, -0.05) is 0 Å². The molecule has 4 nitrogen and oxygen atoms in total. The van der Waals surface area contributed by atoms with Crippen LogP contribution in [0.2, 0.25) is 0 Å². The Kier molecular flexibility index (Phi) is 3.32. The average Bonchev–Trinajstić information content (AvgIpc) is 3.05. The van der Waals surface area contributed by atoms with Gasteiger partial charge in [-0.15, -0.1) is 11.8 Å². The zero-order valence-corrected chi connectivity index (χ0v) is 11.1. The lowest BCUT2D eigenvalue weighted by Gasteiger charge is -2.17. The summed E-state index contributed by atoms with van der Waals surface area (Å²) in [5.74, 6) is 0.357. The van der Waals surface area contributed by atoms with Gasteiger partial charge in [0, 0.05) is 6.07 Å². The van der Waals surface area contributed by atoms with Crippen molar-refractivity contribution in [2.24, 2.45) is 0 Å². The van der Waals surface area contributed by atoms with Gasteiger partial charge in [-0.25, -0.2) is 4.98 Å². The molecule has 0 radical (unpaired) electrons. The minimum absolute atomic E-state index is 0.0162. The van der Waals surface area contributed by atoms with Crippen LogP contribution in [0.5, 0.6) is 11.5 Å². The molecule has 1 fully saturated rings. The van der Waals surface area contributed by atoms with Crippen molar-refractivity contribution in [2.45, 2.75) is 23.5 Å². The number of aromatic nitrogens is 1. The number of rotatable bonds is 4. The quantitative estimate of drug-likeness (QED) is 0.659. The van der Waals surface area contributed by atoms with Crippen molar-refractivity contribution < 1.29 is 14.9 Å². The van der Waals surface area contributed by atoms with Crippen LogP contribution in [0.25, 0.3) is 0 Å². The smallest absolute Gasteiger partial charge is 0.191 e. The van der Waals surface area contributed by atoms with Crippen LogP contribution in [0.3, 0.4) is 0 Å². The number of hydrogen-bond acceptors (Lipinski definition) is 5. The Hall–Kier alpha value is -0.460. The van der Waals surface area contributed by atoms with E-state index in [-0.39, 0.29) is 12.4 Å². The highest BCUT2D eigenvalue weighted by atomic mass is 79.9. The van der Waals surface area contributed by atoms with E-state index in [1.165, 1.54) is 11.8 Å². The van der Waals surface area contributed by atoms with E-state index < -0.39 is 5.60 Å². The predicted molar refractivity (Wildman–Crippen MR) is 65.1 cm³/mol. The third kappa shape index (κ3) is 2.28. The Morgan fingerprint density at radius 3 is 2.81 bits per heavy atom. The molecule has 0 amide bonds. The second-order valence-electron chi connectivity index (χ2n) is 3.75. The first-order chi connectivity index (χ1) is 7.60. The summed E-state index contributed by atoms with van der Waals surface area (Å²) in [6.07, 6.45) is 3.53. The molecule has 0 bridgehead atoms. The predicted octanol–water partition coefficient (Wildman–Crippen LogP) is 2.18. The molecule has 0 saturated heterocycles. The average molecular weight is 306 g/mol. The van der Waals surface area contributed by atoms with Gasteiger partial charge in [-0.05, 0) is 35.0 Å². The fraction of sp³-hybridized carbons (Fsp3) is 0.500. The zero-order valence-electron chi connectivity index (χ0n) is 8.73. The molecule has 0 unspecified atom stereocenters. The Morgan fingerprint density at radius 2 is 2.31 bits per heavy atom. The molecular formula is C10H12BrNO3S. The zero-order chi connectivity index (χ0) is 11.8. The fourth-order valence-corrected chi connectivity index (χ4v) is 2.22. The van der Waals surface area contributed by atoms with E-state index in [0.717, 1.165) is 17.9 Å². The molecule has 1 aromatic rings. The summed E-state index contributed by atoms with van der Waals surface area (Å²) in [5, 5.41) is 19.7. The summed E-state index contributed by atoms with van der Waals surface area (Å²) in [4.78, 5) is 4.12. The van der Waals surface area contributed by atoms with Crippen LogP contribution in [-0.2, 0) is 0 Å². The topological polar surface area (TPSA) is 62.6 Å². The summed E-state index contributed by atoms with van der Waals surface area (Å²) in [6.45, 7) is -0.0268. The molecule has 1 saturated carbocycles. The van der Waals surface area contributed by atoms with Gasteiger partial charge in [0.15, 0.2) is 16.1 Å². The van der Waals surface area contributed by atoms with Crippen molar-refractivity contribution in [2.75, 3.05) is 12.9 Å². The number of halogens is 1. The van der Waals surface area contributed by atoms with E-state index in [2.05, 4.69) is 20.9 Å². The lowest BCUT2D eigenvalue weighted by atomic mass is 10.3. The maximum absolute atomic E-state index is 9.78. The SMILES string of the molecule is CSc1cc(OC2(CO)CC2)c(O)c(Br)n1. The highest BCUT2D eigenvalue weighted by Gasteiger charge is 2.45. The normalized spacial score (nSPS) is 17.2. The monoisotopic (exact) mass is 305 g/mol. The molecule has 1 aliphatic carbocycles. The van der Waals surface area contributed by atoms with E-state index >= 15 is 0 Å². The first-order valence-electron chi connectivity index (χ1n) is 4.83. The molecule has 2 rings (SSSR count). The van der Waals surface area contributed by atoms with E-state index in [1.807, 2.05) is 6.26 Å². The fourth-order valence-electron chi connectivity index (χ4n) is 1.31. The summed E-state index contributed by atoms with van der Waals surface area (Å²) in [7, 11) is 0. The van der Waals surface area contributed by atoms with Crippen LogP contribution >= 0.6 is 27.7 Å². The minimum atomic E-state index is -0.492. The molecule has 88 valence electrons. The summed E-state index contributed by atoms with van der Waals surface area (Å²) in [6, 6.07) is 1.68. The van der Waals surface area contributed by atoms with Crippen molar-refractivity contribution in [3.8, 4) is 11.5 Å². The molecule has 1 aliphatic rings. The number of aliphatic hydroxyl groups is 1. The van der Waals surface area contributed by atoms with Crippen LogP contribution in [-0.4, -0.2) is 33.7 Å². The van der Waals surface area contributed by atoms with E-state index in [4.69, 9.17) is 9.84 Å². The Balaban J connectivity index is 2.29. The van der Waals surface area contributed by atoms with Crippen molar-refractivity contribution in [1.29, 1.82) is 0 Å². The van der Waals surface area contributed by atoms with E-state index in [9.17, 15) is 5.11 Å². The van der Waals surface area contributed by atoms with E-state index in [0.29, 0.717) is 10.4 Å². The number of ether oxygens (including phenoxy) is 1. The maximum atomic E-state index is 9.78. The van der Waals surface area contributed by atoms with Crippen LogP contribution in [0.15, 0.2) is 15.7 Å². The summed E-state index contributed by atoms with van der Waals surface area (Å²) >= 11 is 4.64. The number of hydrogen-bond donors (Lipinski definition) is 2. The van der Waals surface area contributed by atoms with Gasteiger partial charge in [0.2, 0.25) is 0 Å². The molecule has 0 spiro atoms. The third-order valence-electron chi connectivity index (χ3n) is 2.52. The second kappa shape index (κ2) is 4.43. The van der Waals surface area contributed by atoms with Crippen molar-refractivity contribution in [3.63, 3.8) is 0 Å². The van der Waals surface area contributed by atoms with Crippen LogP contribution < -0.4 is 4.74 Å². The van der Waals surface area contributed by atoms with Crippen molar-refractivity contribution >= 4 is 27.7 Å². The largest absolute Gasteiger partial charge is 0.502 e. The maximum Gasteiger partial charge on any atom is 0.191 e. The van der Waals surface area contributed by atoms with Gasteiger partial charge < -0.3 is 14.9 Å². The Labute approximate surface area is 106 Å². The molecule has 1 aromatic heterocycles. The number of pyridine rings is 1. The standard InChI is InChI=1S/C10H12BrNO3S/c1-16-7-4-6(8(14)9(11)12-7)15-10(5-13)2-3-10/h4,13-14H,2-3,5H2,1H3. The van der Waals surface area contributed by atoms with Gasteiger partial charge in [0.05, 0.1) is 6.61 Å². The number of nitrogens with zero attached hydrogens (tertiary/aromatic N) is 1. The first kappa shape index (κ1) is 12.0. The van der Waals surface area contributed by atoms with Gasteiger partial charge >= 0.3 is 0 Å². The van der Waals surface area contributed by atoms with Gasteiger partial charge in [-0.3, -0.25) is 0 Å². The minimum Gasteiger partial charge on any atom is -0.502 e. The number of thioether (sulfide) groups is 1. The van der Waals surface area contributed by atoms with Crippen molar-refractivity contribution in [3.05, 3.63) is 10.7 Å². The summed E-state index contributed by atoms with van der Waals surface area (Å²) < 4.78 is 6.00. The van der Waals surface area contributed by atoms with Gasteiger partial charge in [0.25, 0.3) is 0 Å². The highest BCUT2D eigenvalue weighted by Crippen LogP contribution is 2.44. The second-order valence-corrected chi connectivity index (χ2v) is 5.32. The van der Waals surface area contributed by atoms with Crippen LogP contribution in [0.4, 0.5) is 0 Å².